The number of thioether (sulfide) groups is 1. The molecule has 1 atom stereocenters. The van der Waals surface area contributed by atoms with E-state index in [2.05, 4.69) is 9.97 Å². The first-order valence-electron chi connectivity index (χ1n) is 8.73. The second kappa shape index (κ2) is 10.2. The van der Waals surface area contributed by atoms with E-state index in [-0.39, 0.29) is 17.8 Å². The van der Waals surface area contributed by atoms with Crippen molar-refractivity contribution in [3.05, 3.63) is 23.5 Å². The van der Waals surface area contributed by atoms with Crippen LogP contribution in [0.15, 0.2) is 23.5 Å². The molecular formula is C18H25N3O4S. The van der Waals surface area contributed by atoms with Crippen LogP contribution in [0.2, 0.25) is 0 Å². The van der Waals surface area contributed by atoms with Crippen molar-refractivity contribution < 1.29 is 19.1 Å². The molecular weight excluding hydrogens is 354 g/mol. The lowest BCUT2D eigenvalue weighted by Crippen LogP contribution is -2.32. The number of nitrogens with zero attached hydrogens (tertiary/aromatic N) is 3. The second-order valence-corrected chi connectivity index (χ2v) is 6.91. The SMILES string of the molecule is CCCCC(=O)OC1SC=C(CCCC(C)=O)N1c1cnc(OC)nc1. The van der Waals surface area contributed by atoms with Crippen molar-refractivity contribution in [3.63, 3.8) is 0 Å². The molecule has 26 heavy (non-hydrogen) atoms. The smallest absolute Gasteiger partial charge is 0.316 e. The number of aromatic nitrogens is 2. The number of hydrogen-bond acceptors (Lipinski definition) is 8. The molecule has 2 rings (SSSR count). The van der Waals surface area contributed by atoms with Crippen LogP contribution in [0.5, 0.6) is 6.01 Å². The molecule has 0 saturated carbocycles. The maximum Gasteiger partial charge on any atom is 0.316 e. The van der Waals surface area contributed by atoms with Crippen LogP contribution in [-0.2, 0) is 14.3 Å². The van der Waals surface area contributed by atoms with Gasteiger partial charge in [-0.15, -0.1) is 0 Å². The minimum absolute atomic E-state index is 0.165. The number of methoxy groups -OCH3 is 1. The molecule has 2 heterocycles. The quantitative estimate of drug-likeness (QED) is 0.570. The lowest BCUT2D eigenvalue weighted by molar-refractivity contribution is -0.145. The van der Waals surface area contributed by atoms with Crippen molar-refractivity contribution in [1.29, 1.82) is 0 Å². The second-order valence-electron chi connectivity index (χ2n) is 6.00. The van der Waals surface area contributed by atoms with Crippen molar-refractivity contribution in [1.82, 2.24) is 9.97 Å². The highest BCUT2D eigenvalue weighted by Crippen LogP contribution is 2.38. The Morgan fingerprint density at radius 3 is 2.58 bits per heavy atom. The molecule has 0 aliphatic carbocycles. The van der Waals surface area contributed by atoms with Gasteiger partial charge in [-0.2, -0.15) is 0 Å². The number of hydrogen-bond donors (Lipinski definition) is 0. The standard InChI is InChI=1S/C18H25N3O4S/c1-4-5-9-16(23)25-18-21(15-10-19-17(24-3)20-11-15)14(12-26-18)8-6-7-13(2)22/h10-12,18H,4-9H2,1-3H3. The maximum absolute atomic E-state index is 12.1. The molecule has 0 aromatic carbocycles. The first-order chi connectivity index (χ1) is 12.5. The lowest BCUT2D eigenvalue weighted by Gasteiger charge is -2.28. The fourth-order valence-corrected chi connectivity index (χ4v) is 3.53. The molecule has 0 saturated heterocycles. The van der Waals surface area contributed by atoms with Gasteiger partial charge in [0.2, 0.25) is 5.56 Å². The number of esters is 1. The molecule has 0 amide bonds. The Kier molecular flexibility index (Phi) is 7.90. The Hall–Kier alpha value is -2.09. The summed E-state index contributed by atoms with van der Waals surface area (Å²) in [7, 11) is 1.51. The van der Waals surface area contributed by atoms with E-state index in [1.54, 1.807) is 19.3 Å². The minimum atomic E-state index is -0.483. The van der Waals surface area contributed by atoms with E-state index >= 15 is 0 Å². The average molecular weight is 379 g/mol. The Balaban J connectivity index is 2.11. The third kappa shape index (κ3) is 5.72. The number of ether oxygens (including phenoxy) is 2. The molecule has 0 spiro atoms. The van der Waals surface area contributed by atoms with Gasteiger partial charge in [0.1, 0.15) is 5.78 Å². The van der Waals surface area contributed by atoms with Crippen molar-refractivity contribution in [3.8, 4) is 6.01 Å². The van der Waals surface area contributed by atoms with Crippen molar-refractivity contribution >= 4 is 29.2 Å². The van der Waals surface area contributed by atoms with Crippen LogP contribution in [-0.4, -0.2) is 34.4 Å². The van der Waals surface area contributed by atoms with Crippen LogP contribution >= 0.6 is 11.8 Å². The Morgan fingerprint density at radius 2 is 1.96 bits per heavy atom. The first-order valence-corrected chi connectivity index (χ1v) is 9.68. The van der Waals surface area contributed by atoms with Gasteiger partial charge in [-0.05, 0) is 31.6 Å². The van der Waals surface area contributed by atoms with Gasteiger partial charge in [0.05, 0.1) is 25.2 Å². The van der Waals surface area contributed by atoms with Crippen LogP contribution in [0.1, 0.15) is 52.4 Å². The van der Waals surface area contributed by atoms with E-state index in [0.29, 0.717) is 19.3 Å². The number of Topliss-reactive ketones (excluding diaryl/α,β-unsaturated/α-hetero) is 1. The predicted octanol–water partition coefficient (Wildman–Crippen LogP) is 3.66. The summed E-state index contributed by atoms with van der Waals surface area (Å²) >= 11 is 1.43. The summed E-state index contributed by atoms with van der Waals surface area (Å²) in [6, 6.07) is 0.277. The van der Waals surface area contributed by atoms with Crippen molar-refractivity contribution in [2.45, 2.75) is 57.9 Å². The maximum atomic E-state index is 12.1. The van der Waals surface area contributed by atoms with Crippen molar-refractivity contribution in [2.75, 3.05) is 12.0 Å². The Bertz CT molecular complexity index is 648. The lowest BCUT2D eigenvalue weighted by atomic mass is 10.1. The molecule has 0 N–H and O–H groups in total. The largest absolute Gasteiger partial charge is 0.467 e. The van der Waals surface area contributed by atoms with Gasteiger partial charge < -0.3 is 14.3 Å². The van der Waals surface area contributed by atoms with Gasteiger partial charge in [-0.1, -0.05) is 25.1 Å². The summed E-state index contributed by atoms with van der Waals surface area (Å²) in [4.78, 5) is 33.5. The molecule has 8 heteroatoms. The third-order valence-electron chi connectivity index (χ3n) is 3.84. The molecule has 1 aromatic rings. The van der Waals surface area contributed by atoms with Gasteiger partial charge in [-0.25, -0.2) is 9.97 Å². The normalized spacial score (nSPS) is 16.3. The van der Waals surface area contributed by atoms with Gasteiger partial charge in [0.25, 0.3) is 0 Å². The third-order valence-corrected chi connectivity index (χ3v) is 4.79. The highest BCUT2D eigenvalue weighted by molar-refractivity contribution is 8.03. The zero-order valence-electron chi connectivity index (χ0n) is 15.4. The summed E-state index contributed by atoms with van der Waals surface area (Å²) < 4.78 is 10.6. The molecule has 142 valence electrons. The molecule has 0 radical (unpaired) electrons. The van der Waals surface area contributed by atoms with Crippen molar-refractivity contribution in [2.24, 2.45) is 0 Å². The Morgan fingerprint density at radius 1 is 1.23 bits per heavy atom. The van der Waals surface area contributed by atoms with Crippen LogP contribution in [0.3, 0.4) is 0 Å². The average Bonchev–Trinajstić information content (AvgIpc) is 3.02. The number of anilines is 1. The fourth-order valence-electron chi connectivity index (χ4n) is 2.49. The predicted molar refractivity (Wildman–Crippen MR) is 101 cm³/mol. The van der Waals surface area contributed by atoms with Crippen LogP contribution < -0.4 is 9.64 Å². The number of ketones is 1. The minimum Gasteiger partial charge on any atom is -0.467 e. The number of carbonyl (C=O) groups is 2. The summed E-state index contributed by atoms with van der Waals surface area (Å²) in [6.07, 6.45) is 7.41. The van der Waals surface area contributed by atoms with E-state index in [9.17, 15) is 9.59 Å². The summed E-state index contributed by atoms with van der Waals surface area (Å²) in [6.45, 7) is 3.62. The van der Waals surface area contributed by atoms with E-state index in [1.165, 1.54) is 18.9 Å². The molecule has 1 unspecified atom stereocenters. The highest BCUT2D eigenvalue weighted by atomic mass is 32.2. The van der Waals surface area contributed by atoms with Crippen LogP contribution in [0.4, 0.5) is 5.69 Å². The van der Waals surface area contributed by atoms with E-state index in [0.717, 1.165) is 30.6 Å². The molecule has 0 fully saturated rings. The zero-order valence-corrected chi connectivity index (χ0v) is 16.3. The molecule has 7 nitrogen and oxygen atoms in total. The molecule has 1 aromatic heterocycles. The molecule has 1 aliphatic heterocycles. The Labute approximate surface area is 158 Å². The zero-order chi connectivity index (χ0) is 18.9. The number of rotatable bonds is 10. The number of allylic oxidation sites excluding steroid dienone is 1. The molecule has 0 bridgehead atoms. The van der Waals surface area contributed by atoms with Gasteiger partial charge in [0.15, 0.2) is 0 Å². The van der Waals surface area contributed by atoms with Gasteiger partial charge >= 0.3 is 12.0 Å². The fraction of sp³-hybridized carbons (Fsp3) is 0.556. The van der Waals surface area contributed by atoms with Gasteiger partial charge in [0, 0.05) is 18.5 Å². The van der Waals surface area contributed by atoms with Gasteiger partial charge in [-0.3, -0.25) is 9.69 Å². The highest BCUT2D eigenvalue weighted by Gasteiger charge is 2.31. The van der Waals surface area contributed by atoms with Crippen LogP contribution in [0.25, 0.3) is 0 Å². The first kappa shape index (κ1) is 20.2. The van der Waals surface area contributed by atoms with E-state index in [4.69, 9.17) is 9.47 Å². The molecule has 1 aliphatic rings. The van der Waals surface area contributed by atoms with E-state index < -0.39 is 5.56 Å². The summed E-state index contributed by atoms with van der Waals surface area (Å²) in [5, 5.41) is 1.97. The summed E-state index contributed by atoms with van der Waals surface area (Å²) in [5.41, 5.74) is 1.22. The van der Waals surface area contributed by atoms with Crippen LogP contribution in [0, 0.1) is 0 Å². The number of unbranched alkanes of at least 4 members (excludes halogenated alkanes) is 1. The monoisotopic (exact) mass is 379 g/mol. The van der Waals surface area contributed by atoms with E-state index in [1.807, 2.05) is 17.2 Å². The number of carbonyl (C=O) groups excluding carboxylic acids is 2. The topological polar surface area (TPSA) is 81.6 Å². The summed E-state index contributed by atoms with van der Waals surface area (Å²) in [5.74, 6) is -0.0553.